The molecule has 0 spiro atoms. The minimum atomic E-state index is -0.298. The molecule has 0 saturated heterocycles. The van der Waals surface area contributed by atoms with Gasteiger partial charge in [0.25, 0.3) is 11.7 Å². The quantitative estimate of drug-likeness (QED) is 0.167. The number of H-pyrrole nitrogens is 1. The van der Waals surface area contributed by atoms with E-state index in [0.29, 0.717) is 15.7 Å². The van der Waals surface area contributed by atoms with Crippen molar-refractivity contribution in [2.75, 3.05) is 5.75 Å². The average Bonchev–Trinajstić information content (AvgIpc) is 3.24. The number of aromatic nitrogens is 3. The minimum Gasteiger partial charge on any atom is -0.507 e. The van der Waals surface area contributed by atoms with E-state index in [4.69, 9.17) is 11.6 Å². The summed E-state index contributed by atoms with van der Waals surface area (Å²) in [6.07, 6.45) is 1.40. The molecule has 0 radical (unpaired) electrons. The van der Waals surface area contributed by atoms with Crippen LogP contribution in [0.3, 0.4) is 0 Å². The van der Waals surface area contributed by atoms with Crippen molar-refractivity contribution in [1.29, 1.82) is 0 Å². The molecule has 0 saturated carbocycles. The number of para-hydroxylation sites is 1. The van der Waals surface area contributed by atoms with Gasteiger partial charge in [0, 0.05) is 10.6 Å². The number of thioether (sulfide) groups is 1. The van der Waals surface area contributed by atoms with Crippen LogP contribution in [0.2, 0.25) is 5.02 Å². The Bertz CT molecular complexity index is 1240. The van der Waals surface area contributed by atoms with Crippen LogP contribution >= 0.6 is 23.4 Å². The molecule has 7 nitrogen and oxygen atoms in total. The number of hydrazone groups is 1. The van der Waals surface area contributed by atoms with Gasteiger partial charge in [-0.05, 0) is 60.3 Å². The average molecular weight is 465 g/mol. The van der Waals surface area contributed by atoms with Crippen molar-refractivity contribution < 1.29 is 14.5 Å². The van der Waals surface area contributed by atoms with Crippen LogP contribution in [0.25, 0.3) is 17.1 Å². The van der Waals surface area contributed by atoms with Gasteiger partial charge in [0.05, 0.1) is 22.6 Å². The molecule has 9 heteroatoms. The van der Waals surface area contributed by atoms with E-state index >= 15 is 0 Å². The van der Waals surface area contributed by atoms with Gasteiger partial charge in [0.15, 0.2) is 0 Å². The third-order valence-electron chi connectivity index (χ3n) is 4.47. The zero-order valence-corrected chi connectivity index (χ0v) is 18.3. The second-order valence-corrected chi connectivity index (χ2v) is 8.05. The van der Waals surface area contributed by atoms with Gasteiger partial charge in [-0.1, -0.05) is 41.9 Å². The number of hydrogen-bond donors (Lipinski definition) is 3. The smallest absolute Gasteiger partial charge is 0.342 e. The molecule has 0 unspecified atom stereocenters. The van der Waals surface area contributed by atoms with E-state index in [1.807, 2.05) is 47.0 Å². The zero-order valence-electron chi connectivity index (χ0n) is 16.8. The number of nitrogens with one attached hydrogen (secondary N) is 2. The van der Waals surface area contributed by atoms with Gasteiger partial charge in [-0.15, -0.1) is 5.10 Å². The number of hydrogen-bond acceptors (Lipinski definition) is 5. The molecule has 3 aromatic carbocycles. The van der Waals surface area contributed by atoms with Crippen LogP contribution in [0.4, 0.5) is 0 Å². The first-order chi connectivity index (χ1) is 15.6. The number of aromatic hydroxyl groups is 1. The maximum absolute atomic E-state index is 12.3. The van der Waals surface area contributed by atoms with Crippen LogP contribution in [0.1, 0.15) is 5.56 Å². The van der Waals surface area contributed by atoms with Crippen LogP contribution in [0.15, 0.2) is 89.1 Å². The first-order valence-electron chi connectivity index (χ1n) is 9.66. The first-order valence-corrected chi connectivity index (χ1v) is 11.0. The highest BCUT2D eigenvalue weighted by Crippen LogP contribution is 2.21. The predicted octanol–water partition coefficient (Wildman–Crippen LogP) is 3.95. The summed E-state index contributed by atoms with van der Waals surface area (Å²) in [6, 6.07) is 23.9. The van der Waals surface area contributed by atoms with Gasteiger partial charge in [0.2, 0.25) is 0 Å². The van der Waals surface area contributed by atoms with Crippen LogP contribution < -0.4 is 9.99 Å². The molecule has 32 heavy (non-hydrogen) atoms. The number of carbonyl (C=O) groups excluding carboxylic acids is 1. The van der Waals surface area contributed by atoms with Crippen molar-refractivity contribution in [2.45, 2.75) is 5.16 Å². The van der Waals surface area contributed by atoms with Crippen LogP contribution in [0, 0.1) is 0 Å². The van der Waals surface area contributed by atoms with E-state index in [0.717, 1.165) is 17.1 Å². The lowest BCUT2D eigenvalue weighted by molar-refractivity contribution is -0.625. The monoisotopic (exact) mass is 464 g/mol. The van der Waals surface area contributed by atoms with Crippen molar-refractivity contribution in [3.63, 3.8) is 0 Å². The number of aromatic amines is 1. The van der Waals surface area contributed by atoms with Crippen LogP contribution in [-0.2, 0) is 4.79 Å². The van der Waals surface area contributed by atoms with Crippen molar-refractivity contribution in [3.05, 3.63) is 89.4 Å². The first kappa shape index (κ1) is 21.6. The standard InChI is InChI=1S/C23H18ClN5O2S/c24-18-10-12-19(13-11-18)29-22(16-6-2-1-3-7-16)27-28-23(29)32-15-21(31)26-25-14-17-8-4-5-9-20(17)30/h1-14H,15H2,(H2,25,26,30,31)/p+1. The highest BCUT2D eigenvalue weighted by atomic mass is 35.5. The summed E-state index contributed by atoms with van der Waals surface area (Å²) in [7, 11) is 0. The lowest BCUT2D eigenvalue weighted by Gasteiger charge is -2.04. The largest absolute Gasteiger partial charge is 0.507 e. The van der Waals surface area contributed by atoms with Crippen molar-refractivity contribution in [2.24, 2.45) is 5.10 Å². The number of nitrogens with zero attached hydrogens (tertiary/aromatic N) is 3. The number of halogens is 1. The Labute approximate surface area is 193 Å². The maximum atomic E-state index is 12.3. The SMILES string of the molecule is O=C(CSc1n[nH]c(-c2ccccc2)[n+]1-c1ccc(Cl)cc1)NN=Cc1ccccc1O. The van der Waals surface area contributed by atoms with Gasteiger partial charge in [0.1, 0.15) is 11.4 Å². The molecular weight excluding hydrogens is 446 g/mol. The summed E-state index contributed by atoms with van der Waals surface area (Å²) < 4.78 is 1.94. The zero-order chi connectivity index (χ0) is 22.3. The maximum Gasteiger partial charge on any atom is 0.342 e. The molecule has 0 atom stereocenters. The predicted molar refractivity (Wildman–Crippen MR) is 125 cm³/mol. The normalized spacial score (nSPS) is 11.0. The molecular formula is C23H19ClN5O2S+. The molecule has 0 fully saturated rings. The molecule has 1 aromatic heterocycles. The minimum absolute atomic E-state index is 0.0915. The third-order valence-corrected chi connectivity index (χ3v) is 5.66. The fourth-order valence-electron chi connectivity index (χ4n) is 2.95. The molecule has 0 aliphatic carbocycles. The second-order valence-electron chi connectivity index (χ2n) is 6.67. The molecule has 3 N–H and O–H groups in total. The van der Waals surface area contributed by atoms with Crippen molar-refractivity contribution in [1.82, 2.24) is 15.6 Å². The fourth-order valence-corrected chi connectivity index (χ4v) is 3.83. The summed E-state index contributed by atoms with van der Waals surface area (Å²) >= 11 is 7.33. The Hall–Kier alpha value is -3.62. The molecule has 1 amide bonds. The number of phenols is 1. The highest BCUT2D eigenvalue weighted by molar-refractivity contribution is 7.99. The van der Waals surface area contributed by atoms with Crippen LogP contribution in [0.5, 0.6) is 5.75 Å². The van der Waals surface area contributed by atoms with Gasteiger partial charge in [-0.3, -0.25) is 4.79 Å². The lowest BCUT2D eigenvalue weighted by atomic mass is 10.2. The lowest BCUT2D eigenvalue weighted by Crippen LogP contribution is -2.34. The fraction of sp³-hybridized carbons (Fsp3) is 0.0435. The molecule has 4 rings (SSSR count). The molecule has 1 heterocycles. The Morgan fingerprint density at radius 3 is 2.56 bits per heavy atom. The van der Waals surface area contributed by atoms with E-state index in [-0.39, 0.29) is 17.4 Å². The molecule has 160 valence electrons. The van der Waals surface area contributed by atoms with Crippen molar-refractivity contribution in [3.8, 4) is 22.8 Å². The number of phenolic OH excluding ortho intramolecular Hbond substituents is 1. The van der Waals surface area contributed by atoms with E-state index in [1.165, 1.54) is 18.0 Å². The summed E-state index contributed by atoms with van der Waals surface area (Å²) in [4.78, 5) is 12.3. The summed E-state index contributed by atoms with van der Waals surface area (Å²) in [5.41, 5.74) is 4.80. The van der Waals surface area contributed by atoms with E-state index in [1.54, 1.807) is 36.4 Å². The Kier molecular flexibility index (Phi) is 6.84. The van der Waals surface area contributed by atoms with Gasteiger partial charge >= 0.3 is 5.16 Å². The Morgan fingerprint density at radius 2 is 1.81 bits per heavy atom. The highest BCUT2D eigenvalue weighted by Gasteiger charge is 2.24. The Balaban J connectivity index is 1.51. The summed E-state index contributed by atoms with van der Waals surface area (Å²) in [6.45, 7) is 0. The van der Waals surface area contributed by atoms with Gasteiger partial charge in [-0.2, -0.15) is 9.67 Å². The number of rotatable bonds is 7. The van der Waals surface area contributed by atoms with E-state index < -0.39 is 0 Å². The van der Waals surface area contributed by atoms with Crippen molar-refractivity contribution >= 4 is 35.5 Å². The third kappa shape index (κ3) is 5.16. The molecule has 0 aliphatic rings. The van der Waals surface area contributed by atoms with E-state index in [2.05, 4.69) is 20.7 Å². The van der Waals surface area contributed by atoms with E-state index in [9.17, 15) is 9.90 Å². The summed E-state index contributed by atoms with van der Waals surface area (Å²) in [5.74, 6) is 0.681. The number of benzene rings is 3. The molecule has 0 aliphatic heterocycles. The number of carbonyl (C=O) groups is 1. The van der Waals surface area contributed by atoms with Crippen LogP contribution in [-0.4, -0.2) is 33.2 Å². The molecule has 0 bridgehead atoms. The second kappa shape index (κ2) is 10.1. The Morgan fingerprint density at radius 1 is 1.09 bits per heavy atom. The topological polar surface area (TPSA) is 94.3 Å². The number of amides is 1. The van der Waals surface area contributed by atoms with Gasteiger partial charge < -0.3 is 5.11 Å². The van der Waals surface area contributed by atoms with Gasteiger partial charge in [-0.25, -0.2) is 5.43 Å². The molecule has 4 aromatic rings. The summed E-state index contributed by atoms with van der Waals surface area (Å²) in [5, 5.41) is 22.4.